The normalized spacial score (nSPS) is 14.0. The Bertz CT molecular complexity index is 932. The molecule has 0 spiro atoms. The Kier molecular flexibility index (Phi) is 4.82. The molecule has 0 saturated carbocycles. The van der Waals surface area contributed by atoms with Crippen molar-refractivity contribution in [3.8, 4) is 0 Å². The zero-order chi connectivity index (χ0) is 18.9. The lowest BCUT2D eigenvalue weighted by Gasteiger charge is -2.17. The van der Waals surface area contributed by atoms with Gasteiger partial charge in [-0.05, 0) is 29.7 Å². The molecule has 2 aromatic rings. The topological polar surface area (TPSA) is 83.6 Å². The van der Waals surface area contributed by atoms with Crippen LogP contribution in [0.25, 0.3) is 0 Å². The molecule has 2 aromatic carbocycles. The number of para-hydroxylation sites is 1. The number of benzene rings is 2. The maximum absolute atomic E-state index is 12.5. The number of carbonyl (C=O) groups excluding carboxylic acids is 2. The van der Waals surface area contributed by atoms with Crippen molar-refractivity contribution < 1.29 is 18.0 Å². The lowest BCUT2D eigenvalue weighted by molar-refractivity contribution is 0.0664. The van der Waals surface area contributed by atoms with Crippen LogP contribution in [0.2, 0.25) is 0 Å². The van der Waals surface area contributed by atoms with E-state index < -0.39 is 21.8 Å². The molecule has 1 aliphatic heterocycles. The van der Waals surface area contributed by atoms with Crippen LogP contribution in [-0.4, -0.2) is 37.4 Å². The van der Waals surface area contributed by atoms with E-state index in [1.807, 2.05) is 26.0 Å². The lowest BCUT2D eigenvalue weighted by atomic mass is 10.0. The molecule has 1 heterocycles. The lowest BCUT2D eigenvalue weighted by Crippen LogP contribution is -2.35. The predicted octanol–water partition coefficient (Wildman–Crippen LogP) is 2.85. The summed E-state index contributed by atoms with van der Waals surface area (Å²) in [5.41, 5.74) is 2.03. The number of imide groups is 1. The molecule has 0 bridgehead atoms. The maximum Gasteiger partial charge on any atom is 0.261 e. The summed E-state index contributed by atoms with van der Waals surface area (Å²) in [7, 11) is -3.71. The zero-order valence-electron chi connectivity index (χ0n) is 14.6. The average molecular weight is 372 g/mol. The van der Waals surface area contributed by atoms with Crippen LogP contribution >= 0.6 is 0 Å². The monoisotopic (exact) mass is 372 g/mol. The van der Waals surface area contributed by atoms with Gasteiger partial charge in [0, 0.05) is 6.54 Å². The van der Waals surface area contributed by atoms with Gasteiger partial charge in [0.2, 0.25) is 10.0 Å². The maximum atomic E-state index is 12.5. The highest BCUT2D eigenvalue weighted by Crippen LogP contribution is 2.25. The van der Waals surface area contributed by atoms with Crippen LogP contribution < -0.4 is 4.72 Å². The van der Waals surface area contributed by atoms with E-state index in [-0.39, 0.29) is 18.2 Å². The van der Waals surface area contributed by atoms with Crippen molar-refractivity contribution in [2.45, 2.75) is 19.8 Å². The Morgan fingerprint density at radius 3 is 2.04 bits per heavy atom. The Balaban J connectivity index is 1.72. The second kappa shape index (κ2) is 6.92. The standard InChI is InChI=1S/C19H20N2O4S/c1-13(2)14-7-5-6-10-17(14)20-26(24,25)12-11-21-18(22)15-8-3-4-9-16(15)19(21)23/h3-10,13,20H,11-12H2,1-2H3. The van der Waals surface area contributed by atoms with Gasteiger partial charge in [0.25, 0.3) is 11.8 Å². The number of amides is 2. The summed E-state index contributed by atoms with van der Waals surface area (Å²) < 4.78 is 27.5. The predicted molar refractivity (Wildman–Crippen MR) is 99.7 cm³/mol. The summed E-state index contributed by atoms with van der Waals surface area (Å²) in [4.78, 5) is 25.6. The smallest absolute Gasteiger partial charge is 0.261 e. The van der Waals surface area contributed by atoms with E-state index in [4.69, 9.17) is 0 Å². The van der Waals surface area contributed by atoms with Crippen molar-refractivity contribution in [2.75, 3.05) is 17.0 Å². The van der Waals surface area contributed by atoms with E-state index >= 15 is 0 Å². The third-order valence-corrected chi connectivity index (χ3v) is 5.56. The summed E-state index contributed by atoms with van der Waals surface area (Å²) >= 11 is 0. The number of hydrogen-bond donors (Lipinski definition) is 1. The van der Waals surface area contributed by atoms with Gasteiger partial charge in [0.05, 0.1) is 22.6 Å². The van der Waals surface area contributed by atoms with Crippen LogP contribution in [0.4, 0.5) is 5.69 Å². The molecule has 0 saturated heterocycles. The number of fused-ring (bicyclic) bond motifs is 1. The number of rotatable bonds is 6. The molecule has 0 fully saturated rings. The van der Waals surface area contributed by atoms with Gasteiger partial charge < -0.3 is 0 Å². The van der Waals surface area contributed by atoms with Gasteiger partial charge in [0.1, 0.15) is 0 Å². The largest absolute Gasteiger partial charge is 0.283 e. The molecule has 6 nitrogen and oxygen atoms in total. The minimum atomic E-state index is -3.71. The van der Waals surface area contributed by atoms with E-state index in [1.165, 1.54) is 0 Å². The molecule has 7 heteroatoms. The number of nitrogens with one attached hydrogen (secondary N) is 1. The van der Waals surface area contributed by atoms with Crippen molar-refractivity contribution in [3.63, 3.8) is 0 Å². The number of hydrogen-bond acceptors (Lipinski definition) is 4. The molecule has 0 aromatic heterocycles. The number of anilines is 1. The Morgan fingerprint density at radius 2 is 1.46 bits per heavy atom. The number of sulfonamides is 1. The van der Waals surface area contributed by atoms with Crippen molar-refractivity contribution >= 4 is 27.5 Å². The highest BCUT2D eigenvalue weighted by atomic mass is 32.2. The third kappa shape index (κ3) is 3.48. The zero-order valence-corrected chi connectivity index (χ0v) is 15.4. The summed E-state index contributed by atoms with van der Waals surface area (Å²) in [6.45, 7) is 3.77. The first kappa shape index (κ1) is 18.1. The molecule has 0 radical (unpaired) electrons. The summed E-state index contributed by atoms with van der Waals surface area (Å²) in [5, 5.41) is 0. The molecular formula is C19H20N2O4S. The highest BCUT2D eigenvalue weighted by Gasteiger charge is 2.35. The molecule has 1 N–H and O–H groups in total. The fourth-order valence-electron chi connectivity index (χ4n) is 2.97. The summed E-state index contributed by atoms with van der Waals surface area (Å²) in [6.07, 6.45) is 0. The van der Waals surface area contributed by atoms with Gasteiger partial charge in [-0.2, -0.15) is 0 Å². The first-order chi connectivity index (χ1) is 12.3. The molecule has 0 unspecified atom stereocenters. The minimum absolute atomic E-state index is 0.158. The van der Waals surface area contributed by atoms with Gasteiger partial charge in [-0.3, -0.25) is 19.2 Å². The highest BCUT2D eigenvalue weighted by molar-refractivity contribution is 7.92. The van der Waals surface area contributed by atoms with Crippen LogP contribution in [0.5, 0.6) is 0 Å². The first-order valence-corrected chi connectivity index (χ1v) is 10.00. The molecule has 0 atom stereocenters. The molecule has 2 amide bonds. The van der Waals surface area contributed by atoms with Crippen molar-refractivity contribution in [1.29, 1.82) is 0 Å². The molecular weight excluding hydrogens is 352 g/mol. The SMILES string of the molecule is CC(C)c1ccccc1NS(=O)(=O)CCN1C(=O)c2ccccc2C1=O. The van der Waals surface area contributed by atoms with Gasteiger partial charge in [-0.25, -0.2) is 8.42 Å². The molecule has 1 aliphatic rings. The van der Waals surface area contributed by atoms with E-state index in [0.717, 1.165) is 10.5 Å². The quantitative estimate of drug-likeness (QED) is 0.791. The minimum Gasteiger partial charge on any atom is -0.283 e. The second-order valence-electron chi connectivity index (χ2n) is 6.47. The van der Waals surface area contributed by atoms with Crippen molar-refractivity contribution in [1.82, 2.24) is 4.90 Å². The van der Waals surface area contributed by atoms with Crippen LogP contribution in [-0.2, 0) is 10.0 Å². The molecule has 26 heavy (non-hydrogen) atoms. The van der Waals surface area contributed by atoms with Gasteiger partial charge >= 0.3 is 0 Å². The Hall–Kier alpha value is -2.67. The fourth-order valence-corrected chi connectivity index (χ4v) is 4.01. The van der Waals surface area contributed by atoms with Crippen molar-refractivity contribution in [2.24, 2.45) is 0 Å². The van der Waals surface area contributed by atoms with E-state index in [9.17, 15) is 18.0 Å². The average Bonchev–Trinajstić information content (AvgIpc) is 2.84. The van der Waals surface area contributed by atoms with E-state index in [1.54, 1.807) is 36.4 Å². The van der Waals surface area contributed by atoms with E-state index in [2.05, 4.69) is 4.72 Å². The van der Waals surface area contributed by atoms with Gasteiger partial charge in [0.15, 0.2) is 0 Å². The van der Waals surface area contributed by atoms with Crippen LogP contribution in [0.1, 0.15) is 46.0 Å². The Labute approximate surface area is 152 Å². The number of carbonyl (C=O) groups is 2. The third-order valence-electron chi connectivity index (χ3n) is 4.31. The number of nitrogens with zero attached hydrogens (tertiary/aromatic N) is 1. The molecule has 136 valence electrons. The van der Waals surface area contributed by atoms with Crippen LogP contribution in [0.3, 0.4) is 0 Å². The fraction of sp³-hybridized carbons (Fsp3) is 0.263. The second-order valence-corrected chi connectivity index (χ2v) is 8.31. The summed E-state index contributed by atoms with van der Waals surface area (Å²) in [6, 6.07) is 13.7. The Morgan fingerprint density at radius 1 is 0.923 bits per heavy atom. The first-order valence-electron chi connectivity index (χ1n) is 8.35. The van der Waals surface area contributed by atoms with Crippen molar-refractivity contribution in [3.05, 3.63) is 65.2 Å². The van der Waals surface area contributed by atoms with Crippen LogP contribution in [0.15, 0.2) is 48.5 Å². The van der Waals surface area contributed by atoms with Gasteiger partial charge in [-0.1, -0.05) is 44.2 Å². The molecule has 0 aliphatic carbocycles. The summed E-state index contributed by atoms with van der Waals surface area (Å²) in [5.74, 6) is -1.11. The molecule has 3 rings (SSSR count). The van der Waals surface area contributed by atoms with Crippen LogP contribution in [0, 0.1) is 0 Å². The van der Waals surface area contributed by atoms with Gasteiger partial charge in [-0.15, -0.1) is 0 Å². The van der Waals surface area contributed by atoms with E-state index in [0.29, 0.717) is 16.8 Å².